The quantitative estimate of drug-likeness (QED) is 0.886. The van der Waals surface area contributed by atoms with Gasteiger partial charge in [0.2, 0.25) is 5.89 Å². The molecule has 2 N–H and O–H groups in total. The average Bonchev–Trinajstić information content (AvgIpc) is 2.83. The van der Waals surface area contributed by atoms with Gasteiger partial charge in [0.05, 0.1) is 6.04 Å². The van der Waals surface area contributed by atoms with Crippen LogP contribution in [0.2, 0.25) is 0 Å². The Balaban J connectivity index is 2.05. The number of aryl methyl sites for hydroxylation is 2. The van der Waals surface area contributed by atoms with E-state index in [1.54, 1.807) is 11.8 Å². The van der Waals surface area contributed by atoms with E-state index in [-0.39, 0.29) is 6.04 Å². The van der Waals surface area contributed by atoms with Crippen molar-refractivity contribution in [1.29, 1.82) is 0 Å². The molecule has 0 fully saturated rings. The maximum Gasteiger partial charge on any atom is 0.243 e. The third-order valence-corrected chi connectivity index (χ3v) is 3.72. The van der Waals surface area contributed by atoms with E-state index in [9.17, 15) is 0 Å². The van der Waals surface area contributed by atoms with Crippen molar-refractivity contribution in [2.75, 3.05) is 12.0 Å². The molecule has 0 aliphatic rings. The first kappa shape index (κ1) is 15.1. The zero-order chi connectivity index (χ0) is 14.5. The second-order valence-electron chi connectivity index (χ2n) is 5.11. The number of hydrogen-bond acceptors (Lipinski definition) is 5. The van der Waals surface area contributed by atoms with Crippen LogP contribution in [0.15, 0.2) is 22.7 Å². The molecular formula is C15H21N3OS. The smallest absolute Gasteiger partial charge is 0.243 e. The van der Waals surface area contributed by atoms with Gasteiger partial charge < -0.3 is 10.3 Å². The molecule has 0 bridgehead atoms. The maximum atomic E-state index is 6.03. The minimum Gasteiger partial charge on any atom is -0.338 e. The van der Waals surface area contributed by atoms with Gasteiger partial charge in [0.15, 0.2) is 5.82 Å². The topological polar surface area (TPSA) is 64.9 Å². The normalized spacial score (nSPS) is 12.6. The van der Waals surface area contributed by atoms with E-state index in [0.717, 1.165) is 12.2 Å². The summed E-state index contributed by atoms with van der Waals surface area (Å²) in [5.74, 6) is 2.23. The van der Waals surface area contributed by atoms with Gasteiger partial charge in [0, 0.05) is 6.42 Å². The third-order valence-electron chi connectivity index (χ3n) is 3.08. The summed E-state index contributed by atoms with van der Waals surface area (Å²) in [4.78, 5) is 4.41. The molecule has 5 heteroatoms. The Kier molecular flexibility index (Phi) is 5.20. The summed E-state index contributed by atoms with van der Waals surface area (Å²) >= 11 is 1.77. The number of rotatable bonds is 6. The molecule has 0 saturated heterocycles. The monoisotopic (exact) mass is 291 g/mol. The fraction of sp³-hybridized carbons (Fsp3) is 0.467. The summed E-state index contributed by atoms with van der Waals surface area (Å²) in [7, 11) is 0. The molecule has 0 amide bonds. The minimum atomic E-state index is -0.164. The Morgan fingerprint density at radius 2 is 1.95 bits per heavy atom. The van der Waals surface area contributed by atoms with Crippen LogP contribution in [-0.4, -0.2) is 22.1 Å². The Morgan fingerprint density at radius 1 is 1.25 bits per heavy atom. The molecule has 0 radical (unpaired) electrons. The van der Waals surface area contributed by atoms with E-state index in [1.807, 2.05) is 0 Å². The van der Waals surface area contributed by atoms with Gasteiger partial charge in [-0.2, -0.15) is 16.7 Å². The van der Waals surface area contributed by atoms with Crippen LogP contribution < -0.4 is 5.73 Å². The van der Waals surface area contributed by atoms with Crippen molar-refractivity contribution >= 4 is 11.8 Å². The number of thioether (sulfide) groups is 1. The van der Waals surface area contributed by atoms with Gasteiger partial charge >= 0.3 is 0 Å². The predicted molar refractivity (Wildman–Crippen MR) is 82.9 cm³/mol. The molecular weight excluding hydrogens is 270 g/mol. The number of benzene rings is 1. The summed E-state index contributed by atoms with van der Waals surface area (Å²) in [5.41, 5.74) is 9.73. The van der Waals surface area contributed by atoms with Gasteiger partial charge in [-0.1, -0.05) is 34.5 Å². The van der Waals surface area contributed by atoms with Gasteiger partial charge in [-0.25, -0.2) is 0 Å². The van der Waals surface area contributed by atoms with Crippen LogP contribution in [0.1, 0.15) is 40.9 Å². The lowest BCUT2D eigenvalue weighted by atomic mass is 10.1. The largest absolute Gasteiger partial charge is 0.338 e. The Bertz CT molecular complexity index is 548. The molecule has 1 aromatic heterocycles. The molecule has 1 aromatic carbocycles. The van der Waals surface area contributed by atoms with E-state index in [4.69, 9.17) is 10.3 Å². The summed E-state index contributed by atoms with van der Waals surface area (Å²) in [6.07, 6.45) is 3.60. The van der Waals surface area contributed by atoms with Gasteiger partial charge in [-0.05, 0) is 37.8 Å². The van der Waals surface area contributed by atoms with Crippen LogP contribution in [-0.2, 0) is 6.42 Å². The van der Waals surface area contributed by atoms with Crippen molar-refractivity contribution in [2.24, 2.45) is 5.73 Å². The number of nitrogens with zero attached hydrogens (tertiary/aromatic N) is 2. The highest BCUT2D eigenvalue weighted by Gasteiger charge is 2.14. The first-order valence-electron chi connectivity index (χ1n) is 6.72. The first-order chi connectivity index (χ1) is 9.58. The third kappa shape index (κ3) is 4.08. The molecule has 1 heterocycles. The van der Waals surface area contributed by atoms with E-state index < -0.39 is 0 Å². The Hall–Kier alpha value is -1.33. The molecule has 0 saturated carbocycles. The fourth-order valence-electron chi connectivity index (χ4n) is 2.21. The van der Waals surface area contributed by atoms with Crippen LogP contribution in [0.3, 0.4) is 0 Å². The van der Waals surface area contributed by atoms with Gasteiger partial charge in [-0.15, -0.1) is 0 Å². The van der Waals surface area contributed by atoms with E-state index in [2.05, 4.69) is 48.4 Å². The average molecular weight is 291 g/mol. The minimum absolute atomic E-state index is 0.164. The van der Waals surface area contributed by atoms with Gasteiger partial charge in [0.1, 0.15) is 0 Å². The van der Waals surface area contributed by atoms with Crippen LogP contribution >= 0.6 is 11.8 Å². The van der Waals surface area contributed by atoms with Gasteiger partial charge in [-0.3, -0.25) is 0 Å². The number of nitrogens with two attached hydrogens (primary N) is 1. The van der Waals surface area contributed by atoms with Gasteiger partial charge in [0.25, 0.3) is 0 Å². The second-order valence-corrected chi connectivity index (χ2v) is 6.10. The summed E-state index contributed by atoms with van der Waals surface area (Å²) in [6.45, 7) is 4.19. The molecule has 0 aliphatic carbocycles. The molecule has 20 heavy (non-hydrogen) atoms. The zero-order valence-corrected chi connectivity index (χ0v) is 13.0. The summed E-state index contributed by atoms with van der Waals surface area (Å²) in [5, 5.41) is 4.03. The molecule has 2 rings (SSSR count). The molecule has 108 valence electrons. The highest BCUT2D eigenvalue weighted by molar-refractivity contribution is 7.98. The predicted octanol–water partition coefficient (Wildman–Crippen LogP) is 3.03. The van der Waals surface area contributed by atoms with Crippen molar-refractivity contribution in [3.05, 3.63) is 46.6 Å². The maximum absolute atomic E-state index is 6.03. The molecule has 4 nitrogen and oxygen atoms in total. The molecule has 1 atom stereocenters. The highest BCUT2D eigenvalue weighted by atomic mass is 32.2. The molecule has 0 spiro atoms. The van der Waals surface area contributed by atoms with Crippen LogP contribution in [0.4, 0.5) is 0 Å². The van der Waals surface area contributed by atoms with E-state index >= 15 is 0 Å². The first-order valence-corrected chi connectivity index (χ1v) is 8.12. The summed E-state index contributed by atoms with van der Waals surface area (Å²) < 4.78 is 5.26. The van der Waals surface area contributed by atoms with Crippen molar-refractivity contribution in [3.63, 3.8) is 0 Å². The van der Waals surface area contributed by atoms with E-state index in [1.165, 1.54) is 16.7 Å². The molecule has 0 unspecified atom stereocenters. The standard InChI is InChI=1S/C15H21N3OS/c1-10-6-11(2)8-12(7-10)9-14-17-15(19-18-14)13(16)4-5-20-3/h6-8,13H,4-5,9,16H2,1-3H3/t13-/m1/s1. The number of aromatic nitrogens is 2. The van der Waals surface area contributed by atoms with Crippen molar-refractivity contribution < 1.29 is 4.52 Å². The lowest BCUT2D eigenvalue weighted by Gasteiger charge is -2.04. The lowest BCUT2D eigenvalue weighted by molar-refractivity contribution is 0.349. The van der Waals surface area contributed by atoms with Crippen molar-refractivity contribution in [2.45, 2.75) is 32.7 Å². The SMILES string of the molecule is CSCC[C@@H](N)c1nc(Cc2cc(C)cc(C)c2)no1. The number of hydrogen-bond donors (Lipinski definition) is 1. The zero-order valence-electron chi connectivity index (χ0n) is 12.2. The summed E-state index contributed by atoms with van der Waals surface area (Å²) in [6, 6.07) is 6.29. The lowest BCUT2D eigenvalue weighted by Crippen LogP contribution is -2.11. The van der Waals surface area contributed by atoms with Crippen molar-refractivity contribution in [1.82, 2.24) is 10.1 Å². The molecule has 2 aromatic rings. The fourth-order valence-corrected chi connectivity index (χ4v) is 2.70. The van der Waals surface area contributed by atoms with Crippen LogP contribution in [0.25, 0.3) is 0 Å². The Morgan fingerprint density at radius 3 is 2.60 bits per heavy atom. The highest BCUT2D eigenvalue weighted by Crippen LogP contribution is 2.16. The Labute approximate surface area is 124 Å². The van der Waals surface area contributed by atoms with Crippen molar-refractivity contribution in [3.8, 4) is 0 Å². The van der Waals surface area contributed by atoms with Crippen LogP contribution in [0.5, 0.6) is 0 Å². The second kappa shape index (κ2) is 6.90. The van der Waals surface area contributed by atoms with Crippen LogP contribution in [0, 0.1) is 13.8 Å². The molecule has 0 aliphatic heterocycles. The van der Waals surface area contributed by atoms with E-state index in [0.29, 0.717) is 18.1 Å².